The summed E-state index contributed by atoms with van der Waals surface area (Å²) in [4.78, 5) is 20.0. The first kappa shape index (κ1) is 16.2. The minimum atomic E-state index is -1.10. The van der Waals surface area contributed by atoms with E-state index in [1.807, 2.05) is 37.3 Å². The van der Waals surface area contributed by atoms with Gasteiger partial charge < -0.3 is 5.11 Å². The van der Waals surface area contributed by atoms with Gasteiger partial charge in [0.2, 0.25) is 0 Å². The van der Waals surface area contributed by atoms with E-state index in [1.54, 1.807) is 29.1 Å². The number of aryl methyl sites for hydroxylation is 1. The molecule has 0 atom stereocenters. The molecular formula is C19H13ClN4O2. The molecule has 128 valence electrons. The predicted octanol–water partition coefficient (Wildman–Crippen LogP) is 4.14. The number of hydrogen-bond donors (Lipinski definition) is 1. The quantitative estimate of drug-likeness (QED) is 0.552. The Balaban J connectivity index is 2.07. The molecule has 7 heteroatoms. The Kier molecular flexibility index (Phi) is 3.89. The van der Waals surface area contributed by atoms with Gasteiger partial charge in [-0.3, -0.25) is 0 Å². The summed E-state index contributed by atoms with van der Waals surface area (Å²) in [5, 5.41) is 15.2. The minimum Gasteiger partial charge on any atom is -0.477 e. The van der Waals surface area contributed by atoms with E-state index in [9.17, 15) is 9.90 Å². The Bertz CT molecular complexity index is 1120. The molecule has 0 aliphatic carbocycles. The van der Waals surface area contributed by atoms with Gasteiger partial charge in [0, 0.05) is 11.8 Å². The summed E-state index contributed by atoms with van der Waals surface area (Å²) in [5.74, 6) is -1.10. The van der Waals surface area contributed by atoms with Crippen molar-refractivity contribution in [1.29, 1.82) is 0 Å². The third kappa shape index (κ3) is 2.70. The van der Waals surface area contributed by atoms with Crippen LogP contribution in [0.2, 0.25) is 5.15 Å². The van der Waals surface area contributed by atoms with Gasteiger partial charge in [-0.15, -0.1) is 0 Å². The van der Waals surface area contributed by atoms with Crippen molar-refractivity contribution in [2.45, 2.75) is 6.92 Å². The van der Waals surface area contributed by atoms with Crippen LogP contribution in [0.25, 0.3) is 27.8 Å². The van der Waals surface area contributed by atoms with Gasteiger partial charge in [0.25, 0.3) is 0 Å². The van der Waals surface area contributed by atoms with Crippen molar-refractivity contribution in [3.63, 3.8) is 0 Å². The zero-order valence-corrected chi connectivity index (χ0v) is 14.5. The SMILES string of the molecule is Cc1nn(-c2ccccc2)c2nc(C(=O)O)cc(-c3ccc(Cl)nc3)c12. The van der Waals surface area contributed by atoms with Crippen LogP contribution in [0.4, 0.5) is 0 Å². The molecule has 0 radical (unpaired) electrons. The molecule has 0 amide bonds. The number of carboxylic acid groups (broad SMARTS) is 1. The van der Waals surface area contributed by atoms with Crippen LogP contribution in [-0.4, -0.2) is 30.8 Å². The molecule has 0 bridgehead atoms. The molecule has 0 fully saturated rings. The second-order valence-corrected chi connectivity index (χ2v) is 6.15. The van der Waals surface area contributed by atoms with E-state index in [1.165, 1.54) is 0 Å². The van der Waals surface area contributed by atoms with E-state index in [2.05, 4.69) is 15.1 Å². The molecule has 3 aromatic heterocycles. The number of halogens is 1. The molecule has 1 N–H and O–H groups in total. The highest BCUT2D eigenvalue weighted by Gasteiger charge is 2.19. The zero-order chi connectivity index (χ0) is 18.3. The molecule has 0 aliphatic heterocycles. The second kappa shape index (κ2) is 6.24. The normalized spacial score (nSPS) is 11.0. The maximum Gasteiger partial charge on any atom is 0.354 e. The van der Waals surface area contributed by atoms with Gasteiger partial charge >= 0.3 is 5.97 Å². The minimum absolute atomic E-state index is 0.0560. The highest BCUT2D eigenvalue weighted by molar-refractivity contribution is 6.29. The lowest BCUT2D eigenvalue weighted by Crippen LogP contribution is -2.04. The van der Waals surface area contributed by atoms with E-state index in [0.29, 0.717) is 16.4 Å². The third-order valence-corrected chi connectivity index (χ3v) is 4.29. The number of carbonyl (C=O) groups is 1. The standard InChI is InChI=1S/C19H13ClN4O2/c1-11-17-14(12-7-8-16(20)21-10-12)9-15(19(25)26)22-18(17)24(23-11)13-5-3-2-4-6-13/h2-10H,1H3,(H,25,26). The van der Waals surface area contributed by atoms with Crippen LogP contribution in [0.5, 0.6) is 0 Å². The highest BCUT2D eigenvalue weighted by atomic mass is 35.5. The number of aromatic carboxylic acids is 1. The van der Waals surface area contributed by atoms with Crippen LogP contribution in [0, 0.1) is 6.92 Å². The fourth-order valence-corrected chi connectivity index (χ4v) is 3.02. The summed E-state index contributed by atoms with van der Waals surface area (Å²) in [5.41, 5.74) is 3.44. The van der Waals surface area contributed by atoms with Gasteiger partial charge in [-0.25, -0.2) is 19.4 Å². The monoisotopic (exact) mass is 364 g/mol. The first-order valence-electron chi connectivity index (χ1n) is 7.85. The van der Waals surface area contributed by atoms with Crippen LogP contribution in [0.3, 0.4) is 0 Å². The second-order valence-electron chi connectivity index (χ2n) is 5.76. The first-order valence-corrected chi connectivity index (χ1v) is 8.23. The van der Waals surface area contributed by atoms with E-state index in [4.69, 9.17) is 11.6 Å². The van der Waals surface area contributed by atoms with Gasteiger partial charge in [0.05, 0.1) is 16.8 Å². The molecule has 0 aliphatic rings. The van der Waals surface area contributed by atoms with Crippen LogP contribution in [0.1, 0.15) is 16.2 Å². The lowest BCUT2D eigenvalue weighted by Gasteiger charge is -2.07. The van der Waals surface area contributed by atoms with Crippen LogP contribution < -0.4 is 0 Å². The molecule has 0 spiro atoms. The predicted molar refractivity (Wildman–Crippen MR) is 98.8 cm³/mol. The molecule has 0 saturated carbocycles. The topological polar surface area (TPSA) is 80.9 Å². The molecule has 6 nitrogen and oxygen atoms in total. The van der Waals surface area contributed by atoms with Crippen molar-refractivity contribution in [2.24, 2.45) is 0 Å². The molecule has 4 aromatic rings. The summed E-state index contributed by atoms with van der Waals surface area (Å²) in [6.07, 6.45) is 1.61. The van der Waals surface area contributed by atoms with Gasteiger partial charge in [-0.05, 0) is 42.8 Å². The number of carboxylic acids is 1. The molecule has 4 rings (SSSR count). The number of fused-ring (bicyclic) bond motifs is 1. The third-order valence-electron chi connectivity index (χ3n) is 4.07. The number of aromatic nitrogens is 4. The summed E-state index contributed by atoms with van der Waals surface area (Å²) in [6.45, 7) is 1.87. The van der Waals surface area contributed by atoms with Crippen LogP contribution >= 0.6 is 11.6 Å². The number of para-hydroxylation sites is 1. The number of pyridine rings is 2. The van der Waals surface area contributed by atoms with Gasteiger partial charge in [0.15, 0.2) is 11.3 Å². The average Bonchev–Trinajstić information content (AvgIpc) is 2.99. The molecule has 3 heterocycles. The van der Waals surface area contributed by atoms with E-state index < -0.39 is 5.97 Å². The molecule has 26 heavy (non-hydrogen) atoms. The fourth-order valence-electron chi connectivity index (χ4n) is 2.91. The summed E-state index contributed by atoms with van der Waals surface area (Å²) < 4.78 is 1.66. The molecule has 1 aromatic carbocycles. The number of hydrogen-bond acceptors (Lipinski definition) is 4. The maximum atomic E-state index is 11.6. The van der Waals surface area contributed by atoms with Crippen molar-refractivity contribution in [3.8, 4) is 16.8 Å². The van der Waals surface area contributed by atoms with Crippen LogP contribution in [-0.2, 0) is 0 Å². The highest BCUT2D eigenvalue weighted by Crippen LogP contribution is 2.32. The molecule has 0 unspecified atom stereocenters. The zero-order valence-electron chi connectivity index (χ0n) is 13.7. The Morgan fingerprint density at radius 1 is 1.15 bits per heavy atom. The Morgan fingerprint density at radius 3 is 2.58 bits per heavy atom. The number of benzene rings is 1. The Labute approximate surface area is 153 Å². The molecular weight excluding hydrogens is 352 g/mol. The number of nitrogens with zero attached hydrogens (tertiary/aromatic N) is 4. The Morgan fingerprint density at radius 2 is 1.92 bits per heavy atom. The smallest absolute Gasteiger partial charge is 0.354 e. The van der Waals surface area contributed by atoms with Gasteiger partial charge in [-0.2, -0.15) is 5.10 Å². The van der Waals surface area contributed by atoms with Gasteiger partial charge in [0.1, 0.15) is 5.15 Å². The summed E-state index contributed by atoms with van der Waals surface area (Å²) in [7, 11) is 0. The molecule has 0 saturated heterocycles. The van der Waals surface area contributed by atoms with Crippen molar-refractivity contribution >= 4 is 28.6 Å². The van der Waals surface area contributed by atoms with Crippen molar-refractivity contribution < 1.29 is 9.90 Å². The summed E-state index contributed by atoms with van der Waals surface area (Å²) in [6, 6.07) is 14.5. The lowest BCUT2D eigenvalue weighted by molar-refractivity contribution is 0.0691. The van der Waals surface area contributed by atoms with Crippen molar-refractivity contribution in [3.05, 3.63) is 71.3 Å². The maximum absolute atomic E-state index is 11.6. The van der Waals surface area contributed by atoms with Crippen LogP contribution in [0.15, 0.2) is 54.7 Å². The lowest BCUT2D eigenvalue weighted by atomic mass is 10.0. The first-order chi connectivity index (χ1) is 12.5. The van der Waals surface area contributed by atoms with E-state index >= 15 is 0 Å². The van der Waals surface area contributed by atoms with Gasteiger partial charge in [-0.1, -0.05) is 29.8 Å². The van der Waals surface area contributed by atoms with E-state index in [-0.39, 0.29) is 5.69 Å². The summed E-state index contributed by atoms with van der Waals surface area (Å²) >= 11 is 5.88. The fraction of sp³-hybridized carbons (Fsp3) is 0.0526. The van der Waals surface area contributed by atoms with Crippen molar-refractivity contribution in [1.82, 2.24) is 19.7 Å². The number of rotatable bonds is 3. The largest absolute Gasteiger partial charge is 0.477 e. The average molecular weight is 365 g/mol. The van der Waals surface area contributed by atoms with Crippen molar-refractivity contribution in [2.75, 3.05) is 0 Å². The van der Waals surface area contributed by atoms with E-state index in [0.717, 1.165) is 22.3 Å². The Hall–Kier alpha value is -3.25.